The van der Waals surface area contributed by atoms with E-state index >= 15 is 0 Å². The van der Waals surface area contributed by atoms with Gasteiger partial charge in [-0.2, -0.15) is 4.99 Å². The third-order valence-electron chi connectivity index (χ3n) is 2.88. The van der Waals surface area contributed by atoms with Gasteiger partial charge >= 0.3 is 0 Å². The molecule has 2 saturated carbocycles. The van der Waals surface area contributed by atoms with Crippen molar-refractivity contribution in [1.29, 1.82) is 0 Å². The lowest BCUT2D eigenvalue weighted by Crippen LogP contribution is -2.42. The lowest BCUT2D eigenvalue weighted by atomic mass is 9.75. The summed E-state index contributed by atoms with van der Waals surface area (Å²) in [6, 6.07) is 0. The fourth-order valence-corrected chi connectivity index (χ4v) is 1.87. The van der Waals surface area contributed by atoms with Crippen LogP contribution in [0.1, 0.15) is 25.7 Å². The van der Waals surface area contributed by atoms with Crippen LogP contribution in [0.5, 0.6) is 0 Å². The molecule has 0 N–H and O–H groups in total. The number of carbonyl (C=O) groups excluding carboxylic acids is 1. The van der Waals surface area contributed by atoms with E-state index in [2.05, 4.69) is 4.99 Å². The number of hydrogen-bond acceptors (Lipinski definition) is 2. The highest BCUT2D eigenvalue weighted by molar-refractivity contribution is 5.37. The van der Waals surface area contributed by atoms with Crippen molar-refractivity contribution >= 4 is 6.08 Å². The summed E-state index contributed by atoms with van der Waals surface area (Å²) in [5, 5.41) is 0. The zero-order chi connectivity index (χ0) is 8.82. The summed E-state index contributed by atoms with van der Waals surface area (Å²) in [4.78, 5) is 13.6. The zero-order valence-corrected chi connectivity index (χ0v) is 6.52. The fraction of sp³-hybridized carbons (Fsp3) is 0.875. The Morgan fingerprint density at radius 1 is 1.33 bits per heavy atom. The molecule has 0 aliphatic heterocycles. The van der Waals surface area contributed by atoms with Crippen molar-refractivity contribution < 1.29 is 13.6 Å². The van der Waals surface area contributed by atoms with Crippen molar-refractivity contribution in [2.45, 2.75) is 37.1 Å². The van der Waals surface area contributed by atoms with Crippen LogP contribution in [0.15, 0.2) is 4.99 Å². The highest BCUT2D eigenvalue weighted by Gasteiger charge is 2.60. The van der Waals surface area contributed by atoms with Gasteiger partial charge in [0.15, 0.2) is 0 Å². The largest absolute Gasteiger partial charge is 0.248 e. The number of hydrogen-bond donors (Lipinski definition) is 0. The van der Waals surface area contributed by atoms with Crippen LogP contribution < -0.4 is 0 Å². The summed E-state index contributed by atoms with van der Waals surface area (Å²) in [6.45, 7) is 0. The minimum absolute atomic E-state index is 0.0750. The van der Waals surface area contributed by atoms with E-state index in [9.17, 15) is 13.6 Å². The van der Waals surface area contributed by atoms with Crippen LogP contribution in [0.25, 0.3) is 0 Å². The summed E-state index contributed by atoms with van der Waals surface area (Å²) in [5.41, 5.74) is -0.427. The van der Waals surface area contributed by atoms with Gasteiger partial charge in [-0.3, -0.25) is 0 Å². The number of alkyl halides is 2. The molecule has 66 valence electrons. The van der Waals surface area contributed by atoms with Crippen LogP contribution in [0.3, 0.4) is 0 Å². The third-order valence-corrected chi connectivity index (χ3v) is 2.88. The minimum Gasteiger partial charge on any atom is -0.211 e. The van der Waals surface area contributed by atoms with E-state index in [0.29, 0.717) is 0 Å². The maximum atomic E-state index is 12.4. The SMILES string of the molecule is O=C=NC1(C2CC(F)(F)C2)CC1. The average molecular weight is 173 g/mol. The first kappa shape index (κ1) is 7.87. The van der Waals surface area contributed by atoms with Crippen molar-refractivity contribution in [2.75, 3.05) is 0 Å². The second kappa shape index (κ2) is 2.13. The van der Waals surface area contributed by atoms with Crippen LogP contribution in [0, 0.1) is 5.92 Å². The van der Waals surface area contributed by atoms with E-state index in [1.807, 2.05) is 0 Å². The Labute approximate surface area is 68.7 Å². The Bertz CT molecular complexity index is 246. The molecule has 2 nitrogen and oxygen atoms in total. The smallest absolute Gasteiger partial charge is 0.211 e. The summed E-state index contributed by atoms with van der Waals surface area (Å²) in [5.74, 6) is -2.58. The van der Waals surface area contributed by atoms with Crippen molar-refractivity contribution in [3.63, 3.8) is 0 Å². The van der Waals surface area contributed by atoms with Crippen molar-refractivity contribution in [1.82, 2.24) is 0 Å². The van der Waals surface area contributed by atoms with Crippen molar-refractivity contribution in [2.24, 2.45) is 10.9 Å². The molecule has 0 saturated heterocycles. The van der Waals surface area contributed by atoms with E-state index in [0.717, 1.165) is 12.8 Å². The molecule has 0 amide bonds. The molecule has 2 rings (SSSR count). The third kappa shape index (κ3) is 1.07. The van der Waals surface area contributed by atoms with Gasteiger partial charge in [0.2, 0.25) is 12.0 Å². The van der Waals surface area contributed by atoms with Crippen LogP contribution in [0.4, 0.5) is 8.78 Å². The number of nitrogens with zero attached hydrogens (tertiary/aromatic N) is 1. The van der Waals surface area contributed by atoms with E-state index in [1.54, 1.807) is 0 Å². The summed E-state index contributed by atoms with van der Waals surface area (Å²) in [7, 11) is 0. The highest BCUT2D eigenvalue weighted by atomic mass is 19.3. The zero-order valence-electron chi connectivity index (χ0n) is 6.52. The number of aliphatic imine (C=N–C) groups is 1. The number of halogens is 2. The standard InChI is InChI=1S/C8H9F2NO/c9-8(10)3-6(4-8)7(1-2-7)11-5-12/h6H,1-4H2. The van der Waals surface area contributed by atoms with E-state index in [4.69, 9.17) is 0 Å². The van der Waals surface area contributed by atoms with Crippen molar-refractivity contribution in [3.8, 4) is 0 Å². The molecule has 2 aliphatic carbocycles. The molecule has 2 aliphatic rings. The maximum absolute atomic E-state index is 12.4. The first-order valence-electron chi connectivity index (χ1n) is 4.05. The molecule has 0 spiro atoms. The van der Waals surface area contributed by atoms with Gasteiger partial charge in [0.25, 0.3) is 0 Å². The van der Waals surface area contributed by atoms with E-state index < -0.39 is 11.5 Å². The molecule has 0 heterocycles. The molecule has 12 heavy (non-hydrogen) atoms. The monoisotopic (exact) mass is 173 g/mol. The first-order valence-corrected chi connectivity index (χ1v) is 4.05. The Hall–Kier alpha value is -0.760. The Morgan fingerprint density at radius 2 is 1.92 bits per heavy atom. The second-order valence-electron chi connectivity index (χ2n) is 3.77. The van der Waals surface area contributed by atoms with Gasteiger partial charge < -0.3 is 0 Å². The molecular formula is C8H9F2NO. The van der Waals surface area contributed by atoms with Gasteiger partial charge in [0.05, 0.1) is 5.54 Å². The predicted molar refractivity (Wildman–Crippen MR) is 37.8 cm³/mol. The highest BCUT2D eigenvalue weighted by Crippen LogP contribution is 2.58. The maximum Gasteiger partial charge on any atom is 0.248 e. The summed E-state index contributed by atoms with van der Waals surface area (Å²) in [6.07, 6.45) is 2.84. The molecule has 0 aromatic carbocycles. The van der Waals surface area contributed by atoms with Crippen LogP contribution >= 0.6 is 0 Å². The van der Waals surface area contributed by atoms with Gasteiger partial charge in [-0.15, -0.1) is 0 Å². The molecule has 0 bridgehead atoms. The van der Waals surface area contributed by atoms with E-state index in [-0.39, 0.29) is 18.8 Å². The fourth-order valence-electron chi connectivity index (χ4n) is 1.87. The lowest BCUT2D eigenvalue weighted by Gasteiger charge is -2.38. The Morgan fingerprint density at radius 3 is 2.25 bits per heavy atom. The first-order chi connectivity index (χ1) is 5.58. The Kier molecular flexibility index (Phi) is 1.40. The van der Waals surface area contributed by atoms with Gasteiger partial charge in [-0.05, 0) is 18.8 Å². The van der Waals surface area contributed by atoms with Crippen LogP contribution in [0.2, 0.25) is 0 Å². The number of rotatable bonds is 2. The number of isocyanates is 1. The van der Waals surface area contributed by atoms with Crippen LogP contribution in [-0.2, 0) is 4.79 Å². The van der Waals surface area contributed by atoms with Gasteiger partial charge in [0.1, 0.15) is 0 Å². The lowest BCUT2D eigenvalue weighted by molar-refractivity contribution is -0.119. The average Bonchev–Trinajstić information content (AvgIpc) is 2.65. The summed E-state index contributed by atoms with van der Waals surface area (Å²) < 4.78 is 24.9. The molecular weight excluding hydrogens is 164 g/mol. The molecule has 0 aromatic rings. The topological polar surface area (TPSA) is 29.4 Å². The normalized spacial score (nSPS) is 30.2. The molecule has 0 aromatic heterocycles. The molecule has 0 unspecified atom stereocenters. The van der Waals surface area contributed by atoms with Gasteiger partial charge in [0, 0.05) is 12.8 Å². The molecule has 0 atom stereocenters. The minimum atomic E-state index is -2.50. The predicted octanol–water partition coefficient (Wildman–Crippen LogP) is 1.90. The van der Waals surface area contributed by atoms with Crippen LogP contribution in [-0.4, -0.2) is 17.5 Å². The van der Waals surface area contributed by atoms with Crippen molar-refractivity contribution in [3.05, 3.63) is 0 Å². The molecule has 2 fully saturated rings. The van der Waals surface area contributed by atoms with Gasteiger partial charge in [-0.25, -0.2) is 13.6 Å². The molecule has 0 radical (unpaired) electrons. The quantitative estimate of drug-likeness (QED) is 0.463. The Balaban J connectivity index is 2.00. The second-order valence-corrected chi connectivity index (χ2v) is 3.77. The molecule has 4 heteroatoms. The van der Waals surface area contributed by atoms with E-state index in [1.165, 1.54) is 6.08 Å². The summed E-state index contributed by atoms with van der Waals surface area (Å²) >= 11 is 0. The van der Waals surface area contributed by atoms with Gasteiger partial charge in [-0.1, -0.05) is 0 Å².